The summed E-state index contributed by atoms with van der Waals surface area (Å²) in [5.74, 6) is 0.752. The van der Waals surface area contributed by atoms with E-state index in [0.29, 0.717) is 6.54 Å². The SMILES string of the molecule is CCOCCCNC(=NCc1ccc([N+](=O)[O-])cc1)NCCCN1CCOCC1. The first-order valence-corrected chi connectivity index (χ1v) is 10.3. The Morgan fingerprint density at radius 2 is 1.90 bits per heavy atom. The number of nitrogens with one attached hydrogen (secondary N) is 2. The number of nitro groups is 1. The lowest BCUT2D eigenvalue weighted by Gasteiger charge is -2.26. The standard InChI is InChI=1S/C20H33N5O4/c1-2-28-14-4-10-22-20(21-9-3-11-24-12-15-29-16-13-24)23-17-18-5-7-19(8-6-18)25(26)27/h5-8H,2-4,9-17H2,1H3,(H2,21,22,23). The van der Waals surface area contributed by atoms with Crippen LogP contribution in [0.3, 0.4) is 0 Å². The van der Waals surface area contributed by atoms with E-state index in [-0.39, 0.29) is 5.69 Å². The minimum absolute atomic E-state index is 0.0910. The number of aliphatic imine (C=N–C) groups is 1. The minimum Gasteiger partial charge on any atom is -0.382 e. The van der Waals surface area contributed by atoms with Crippen molar-refractivity contribution in [2.45, 2.75) is 26.3 Å². The van der Waals surface area contributed by atoms with Crippen molar-refractivity contribution in [3.8, 4) is 0 Å². The van der Waals surface area contributed by atoms with Crippen molar-refractivity contribution in [2.75, 3.05) is 59.2 Å². The summed E-state index contributed by atoms with van der Waals surface area (Å²) in [7, 11) is 0. The third kappa shape index (κ3) is 9.69. The molecule has 1 heterocycles. The van der Waals surface area contributed by atoms with Crippen LogP contribution >= 0.6 is 0 Å². The number of morpholine rings is 1. The van der Waals surface area contributed by atoms with E-state index in [1.54, 1.807) is 12.1 Å². The van der Waals surface area contributed by atoms with Crippen molar-refractivity contribution in [1.29, 1.82) is 0 Å². The van der Waals surface area contributed by atoms with Gasteiger partial charge >= 0.3 is 0 Å². The molecule has 9 nitrogen and oxygen atoms in total. The maximum absolute atomic E-state index is 10.8. The normalized spacial score (nSPS) is 15.3. The molecule has 1 aromatic rings. The van der Waals surface area contributed by atoms with Gasteiger partial charge in [-0.3, -0.25) is 15.0 Å². The van der Waals surface area contributed by atoms with Gasteiger partial charge in [0, 0.05) is 51.5 Å². The minimum atomic E-state index is -0.394. The Kier molecular flexibility index (Phi) is 11.0. The van der Waals surface area contributed by atoms with E-state index in [1.807, 2.05) is 6.92 Å². The number of hydrogen-bond acceptors (Lipinski definition) is 6. The first-order chi connectivity index (χ1) is 14.2. The molecule has 1 aromatic carbocycles. The Labute approximate surface area is 172 Å². The van der Waals surface area contributed by atoms with Crippen molar-refractivity contribution in [3.05, 3.63) is 39.9 Å². The lowest BCUT2D eigenvalue weighted by atomic mass is 10.2. The lowest BCUT2D eigenvalue weighted by Crippen LogP contribution is -2.41. The van der Waals surface area contributed by atoms with E-state index < -0.39 is 4.92 Å². The van der Waals surface area contributed by atoms with Crippen molar-refractivity contribution in [2.24, 2.45) is 4.99 Å². The quantitative estimate of drug-likeness (QED) is 0.179. The number of nitrogens with zero attached hydrogens (tertiary/aromatic N) is 3. The second-order valence-corrected chi connectivity index (χ2v) is 6.80. The predicted octanol–water partition coefficient (Wildman–Crippen LogP) is 1.78. The van der Waals surface area contributed by atoms with Crippen molar-refractivity contribution < 1.29 is 14.4 Å². The summed E-state index contributed by atoms with van der Waals surface area (Å²) in [5, 5.41) is 17.5. The fourth-order valence-electron chi connectivity index (χ4n) is 2.93. The van der Waals surface area contributed by atoms with Gasteiger partial charge in [0.25, 0.3) is 5.69 Å². The smallest absolute Gasteiger partial charge is 0.269 e. The Hall–Kier alpha value is -2.23. The number of rotatable bonds is 12. The summed E-state index contributed by atoms with van der Waals surface area (Å²) in [6.45, 7) is 10.2. The van der Waals surface area contributed by atoms with Crippen molar-refractivity contribution in [1.82, 2.24) is 15.5 Å². The number of ether oxygens (including phenoxy) is 2. The highest BCUT2D eigenvalue weighted by atomic mass is 16.6. The van der Waals surface area contributed by atoms with E-state index in [9.17, 15) is 10.1 Å². The second kappa shape index (κ2) is 13.9. The van der Waals surface area contributed by atoms with Crippen molar-refractivity contribution in [3.63, 3.8) is 0 Å². The van der Waals surface area contributed by atoms with Gasteiger partial charge < -0.3 is 20.1 Å². The number of guanidine groups is 1. The second-order valence-electron chi connectivity index (χ2n) is 6.80. The van der Waals surface area contributed by atoms with Crippen LogP contribution < -0.4 is 10.6 Å². The molecule has 0 amide bonds. The van der Waals surface area contributed by atoms with E-state index in [4.69, 9.17) is 9.47 Å². The zero-order valence-electron chi connectivity index (χ0n) is 17.3. The van der Waals surface area contributed by atoms with Gasteiger partial charge in [0.2, 0.25) is 0 Å². The molecular weight excluding hydrogens is 374 g/mol. The van der Waals surface area contributed by atoms with E-state index >= 15 is 0 Å². The molecule has 0 radical (unpaired) electrons. The lowest BCUT2D eigenvalue weighted by molar-refractivity contribution is -0.384. The van der Waals surface area contributed by atoms with Gasteiger partial charge in [-0.05, 0) is 31.9 Å². The number of nitro benzene ring substituents is 1. The van der Waals surface area contributed by atoms with Gasteiger partial charge in [0.15, 0.2) is 5.96 Å². The molecule has 0 aromatic heterocycles. The Morgan fingerprint density at radius 3 is 2.55 bits per heavy atom. The summed E-state index contributed by atoms with van der Waals surface area (Å²) in [4.78, 5) is 17.4. The fraction of sp³-hybridized carbons (Fsp3) is 0.650. The molecule has 0 bridgehead atoms. The summed E-state index contributed by atoms with van der Waals surface area (Å²) in [6, 6.07) is 6.51. The van der Waals surface area contributed by atoms with Crippen LogP contribution in [0, 0.1) is 10.1 Å². The predicted molar refractivity (Wildman–Crippen MR) is 113 cm³/mol. The summed E-state index contributed by atoms with van der Waals surface area (Å²) >= 11 is 0. The molecule has 29 heavy (non-hydrogen) atoms. The highest BCUT2D eigenvalue weighted by Gasteiger charge is 2.09. The molecule has 0 spiro atoms. The van der Waals surface area contributed by atoms with Crippen LogP contribution in [0.4, 0.5) is 5.69 Å². The molecule has 1 saturated heterocycles. The first-order valence-electron chi connectivity index (χ1n) is 10.3. The molecule has 0 saturated carbocycles. The summed E-state index contributed by atoms with van der Waals surface area (Å²) in [5.41, 5.74) is 1.02. The maximum Gasteiger partial charge on any atom is 0.269 e. The van der Waals surface area contributed by atoms with E-state index in [0.717, 1.165) is 83.5 Å². The number of benzene rings is 1. The van der Waals surface area contributed by atoms with Gasteiger partial charge in [-0.2, -0.15) is 0 Å². The van der Waals surface area contributed by atoms with Gasteiger partial charge in [0.05, 0.1) is 24.7 Å². The molecule has 2 N–H and O–H groups in total. The third-order valence-electron chi connectivity index (χ3n) is 4.58. The molecule has 9 heteroatoms. The van der Waals surface area contributed by atoms with Gasteiger partial charge in [-0.1, -0.05) is 12.1 Å². The Bertz CT molecular complexity index is 618. The van der Waals surface area contributed by atoms with Crippen LogP contribution in [0.2, 0.25) is 0 Å². The van der Waals surface area contributed by atoms with Crippen LogP contribution in [-0.4, -0.2) is 74.9 Å². The molecule has 0 aliphatic carbocycles. The molecular formula is C20H33N5O4. The molecule has 2 rings (SSSR count). The average Bonchev–Trinajstić information content (AvgIpc) is 2.75. The van der Waals surface area contributed by atoms with Gasteiger partial charge in [-0.25, -0.2) is 4.99 Å². The molecule has 1 aliphatic rings. The molecule has 1 fully saturated rings. The number of non-ortho nitro benzene ring substituents is 1. The first kappa shape index (κ1) is 23.1. The van der Waals surface area contributed by atoms with Crippen LogP contribution in [0.1, 0.15) is 25.3 Å². The zero-order valence-corrected chi connectivity index (χ0v) is 17.3. The van der Waals surface area contributed by atoms with Crippen LogP contribution in [0.15, 0.2) is 29.3 Å². The molecule has 0 unspecified atom stereocenters. The average molecular weight is 408 g/mol. The highest BCUT2D eigenvalue weighted by Crippen LogP contribution is 2.12. The Balaban J connectivity index is 1.79. The van der Waals surface area contributed by atoms with Gasteiger partial charge in [0.1, 0.15) is 0 Å². The third-order valence-corrected chi connectivity index (χ3v) is 4.58. The van der Waals surface area contributed by atoms with Crippen LogP contribution in [0.25, 0.3) is 0 Å². The molecule has 162 valence electrons. The van der Waals surface area contributed by atoms with Crippen LogP contribution in [-0.2, 0) is 16.0 Å². The molecule has 1 aliphatic heterocycles. The fourth-order valence-corrected chi connectivity index (χ4v) is 2.93. The molecule has 0 atom stereocenters. The topological polar surface area (TPSA) is 101 Å². The van der Waals surface area contributed by atoms with E-state index in [1.165, 1.54) is 12.1 Å². The number of hydrogen-bond donors (Lipinski definition) is 2. The summed E-state index contributed by atoms with van der Waals surface area (Å²) in [6.07, 6.45) is 1.93. The highest BCUT2D eigenvalue weighted by molar-refractivity contribution is 5.79. The maximum atomic E-state index is 10.8. The van der Waals surface area contributed by atoms with Crippen molar-refractivity contribution >= 4 is 11.6 Å². The largest absolute Gasteiger partial charge is 0.382 e. The van der Waals surface area contributed by atoms with E-state index in [2.05, 4.69) is 20.5 Å². The monoisotopic (exact) mass is 407 g/mol. The Morgan fingerprint density at radius 1 is 1.21 bits per heavy atom. The zero-order chi connectivity index (χ0) is 20.7. The summed E-state index contributed by atoms with van der Waals surface area (Å²) < 4.78 is 10.7. The van der Waals surface area contributed by atoms with Crippen LogP contribution in [0.5, 0.6) is 0 Å². The van der Waals surface area contributed by atoms with Gasteiger partial charge in [-0.15, -0.1) is 0 Å².